The van der Waals surface area contributed by atoms with Crippen molar-refractivity contribution in [1.82, 2.24) is 0 Å². The quantitative estimate of drug-likeness (QED) is 0.325. The second kappa shape index (κ2) is 11.4. The smallest absolute Gasteiger partial charge is 0.305 e. The van der Waals surface area contributed by atoms with Gasteiger partial charge >= 0.3 is 5.97 Å². The maximum Gasteiger partial charge on any atom is 0.305 e. The van der Waals surface area contributed by atoms with E-state index in [1.165, 1.54) is 7.11 Å². The number of ether oxygens (including phenoxy) is 1. The first kappa shape index (κ1) is 24.3. The van der Waals surface area contributed by atoms with Crippen LogP contribution in [0.25, 0.3) is 0 Å². The molecule has 1 aliphatic rings. The van der Waals surface area contributed by atoms with Crippen LogP contribution in [0.5, 0.6) is 0 Å². The van der Waals surface area contributed by atoms with E-state index < -0.39 is 17.6 Å². The maximum atomic E-state index is 12.9. The number of allylic oxidation sites excluding steroid dienone is 2. The van der Waals surface area contributed by atoms with E-state index in [4.69, 9.17) is 0 Å². The van der Waals surface area contributed by atoms with Gasteiger partial charge in [0.25, 0.3) is 0 Å². The van der Waals surface area contributed by atoms with Crippen molar-refractivity contribution in [2.75, 3.05) is 7.11 Å². The van der Waals surface area contributed by atoms with Crippen LogP contribution in [0, 0.1) is 17.3 Å². The van der Waals surface area contributed by atoms with Crippen molar-refractivity contribution >= 4 is 11.8 Å². The van der Waals surface area contributed by atoms with Crippen LogP contribution in [-0.2, 0) is 20.7 Å². The van der Waals surface area contributed by atoms with Crippen LogP contribution in [0.1, 0.15) is 57.9 Å². The van der Waals surface area contributed by atoms with E-state index in [9.17, 15) is 19.8 Å². The number of benzene rings is 1. The Morgan fingerprint density at radius 2 is 1.93 bits per heavy atom. The van der Waals surface area contributed by atoms with E-state index in [1.807, 2.05) is 56.3 Å². The van der Waals surface area contributed by atoms with Gasteiger partial charge in [0, 0.05) is 17.8 Å². The fourth-order valence-electron chi connectivity index (χ4n) is 4.41. The highest BCUT2D eigenvalue weighted by atomic mass is 16.5. The minimum Gasteiger partial charge on any atom is -0.469 e. The van der Waals surface area contributed by atoms with Gasteiger partial charge in [0.1, 0.15) is 5.78 Å². The highest BCUT2D eigenvalue weighted by Gasteiger charge is 2.53. The molecule has 0 bridgehead atoms. The second-order valence-corrected chi connectivity index (χ2v) is 8.90. The number of methoxy groups -OCH3 is 1. The van der Waals surface area contributed by atoms with Gasteiger partial charge in [0.15, 0.2) is 0 Å². The van der Waals surface area contributed by atoms with E-state index in [-0.39, 0.29) is 23.6 Å². The Bertz CT molecular complexity index is 710. The molecule has 30 heavy (non-hydrogen) atoms. The fraction of sp³-hybridized carbons (Fsp3) is 0.600. The van der Waals surface area contributed by atoms with Crippen LogP contribution in [0.3, 0.4) is 0 Å². The number of carbonyl (C=O) groups is 2. The minimum absolute atomic E-state index is 0.0942. The summed E-state index contributed by atoms with van der Waals surface area (Å²) in [7, 11) is 1.38. The molecule has 1 saturated carbocycles. The molecular formula is C25H36O5. The molecule has 1 fully saturated rings. The number of ketones is 1. The monoisotopic (exact) mass is 416 g/mol. The molecule has 5 heteroatoms. The van der Waals surface area contributed by atoms with Crippen molar-refractivity contribution in [3.8, 4) is 0 Å². The van der Waals surface area contributed by atoms with E-state index in [1.54, 1.807) is 0 Å². The molecule has 0 aromatic heterocycles. The van der Waals surface area contributed by atoms with E-state index >= 15 is 0 Å². The lowest BCUT2D eigenvalue weighted by atomic mass is 9.84. The summed E-state index contributed by atoms with van der Waals surface area (Å²) >= 11 is 0. The Balaban J connectivity index is 1.90. The number of unbranched alkanes of at least 4 members (excludes halogenated alkanes) is 1. The molecule has 166 valence electrons. The zero-order valence-corrected chi connectivity index (χ0v) is 18.4. The molecule has 1 aromatic rings. The van der Waals surface area contributed by atoms with E-state index in [2.05, 4.69) is 4.74 Å². The van der Waals surface area contributed by atoms with Crippen LogP contribution >= 0.6 is 0 Å². The summed E-state index contributed by atoms with van der Waals surface area (Å²) in [6.45, 7) is 3.63. The van der Waals surface area contributed by atoms with Crippen molar-refractivity contribution in [2.24, 2.45) is 17.3 Å². The van der Waals surface area contributed by atoms with Gasteiger partial charge in [0.2, 0.25) is 0 Å². The number of esters is 1. The third-order valence-corrected chi connectivity index (χ3v) is 6.32. The molecule has 0 heterocycles. The van der Waals surface area contributed by atoms with Crippen LogP contribution in [-0.4, -0.2) is 41.3 Å². The summed E-state index contributed by atoms with van der Waals surface area (Å²) in [6.07, 6.45) is 6.97. The van der Waals surface area contributed by atoms with Gasteiger partial charge < -0.3 is 14.9 Å². The zero-order chi connectivity index (χ0) is 22.1. The lowest BCUT2D eigenvalue weighted by Crippen LogP contribution is -2.32. The molecule has 1 aliphatic carbocycles. The first-order valence-corrected chi connectivity index (χ1v) is 10.9. The molecule has 2 rings (SSSR count). The molecule has 0 aliphatic heterocycles. The molecule has 5 nitrogen and oxygen atoms in total. The van der Waals surface area contributed by atoms with Gasteiger partial charge in [-0.1, -0.05) is 56.3 Å². The molecule has 4 unspecified atom stereocenters. The largest absolute Gasteiger partial charge is 0.469 e. The Hall–Kier alpha value is -1.98. The van der Waals surface area contributed by atoms with Crippen molar-refractivity contribution in [3.05, 3.63) is 48.0 Å². The molecule has 1 aromatic carbocycles. The Labute approximate surface area is 180 Å². The number of hydrogen-bond acceptors (Lipinski definition) is 5. The molecule has 0 amide bonds. The van der Waals surface area contributed by atoms with E-state index in [0.717, 1.165) is 12.0 Å². The molecule has 4 atom stereocenters. The van der Waals surface area contributed by atoms with Crippen molar-refractivity contribution in [1.29, 1.82) is 0 Å². The van der Waals surface area contributed by atoms with Gasteiger partial charge in [-0.25, -0.2) is 0 Å². The van der Waals surface area contributed by atoms with Crippen LogP contribution in [0.4, 0.5) is 0 Å². The Morgan fingerprint density at radius 1 is 1.23 bits per heavy atom. The highest BCUT2D eigenvalue weighted by Crippen LogP contribution is 2.46. The van der Waals surface area contributed by atoms with Crippen LogP contribution < -0.4 is 0 Å². The Morgan fingerprint density at radius 3 is 2.60 bits per heavy atom. The van der Waals surface area contributed by atoms with Crippen LogP contribution in [0.2, 0.25) is 0 Å². The first-order valence-electron chi connectivity index (χ1n) is 10.9. The number of hydrogen-bond donors (Lipinski definition) is 2. The topological polar surface area (TPSA) is 83.8 Å². The molecule has 0 spiro atoms. The predicted molar refractivity (Wildman–Crippen MR) is 117 cm³/mol. The molecule has 0 saturated heterocycles. The zero-order valence-electron chi connectivity index (χ0n) is 18.4. The van der Waals surface area contributed by atoms with Crippen molar-refractivity contribution < 1.29 is 24.5 Å². The fourth-order valence-corrected chi connectivity index (χ4v) is 4.41. The lowest BCUT2D eigenvalue weighted by molar-refractivity contribution is -0.140. The van der Waals surface area contributed by atoms with Gasteiger partial charge in [-0.05, 0) is 50.0 Å². The SMILES string of the molecule is COC(=O)CCC/C=C/CC1C(=O)C(C)(C)C(O)C1CCC(O)Cc1ccccc1. The third kappa shape index (κ3) is 6.51. The second-order valence-electron chi connectivity index (χ2n) is 8.90. The standard InChI is InChI=1S/C25H36O5/c1-25(2)23(28)20(13-9-4-5-10-14-22(27)30-3)21(24(25)29)16-15-19(26)17-18-11-7-6-8-12-18/h4,6-9,11-12,19-21,24,26,29H,5,10,13-17H2,1-3H3/b9-4+. The summed E-state index contributed by atoms with van der Waals surface area (Å²) in [4.78, 5) is 24.1. The number of Topliss-reactive ketones (excluding diaryl/α,β-unsaturated/α-hetero) is 1. The number of carbonyl (C=O) groups excluding carboxylic acids is 2. The first-order chi connectivity index (χ1) is 14.3. The number of rotatable bonds is 11. The summed E-state index contributed by atoms with van der Waals surface area (Å²) in [5.41, 5.74) is 0.318. The van der Waals surface area contributed by atoms with Gasteiger partial charge in [-0.15, -0.1) is 0 Å². The van der Waals surface area contributed by atoms with Crippen molar-refractivity contribution in [3.63, 3.8) is 0 Å². The normalized spacial score (nSPS) is 24.3. The molecule has 2 N–H and O–H groups in total. The maximum absolute atomic E-state index is 12.9. The highest BCUT2D eigenvalue weighted by molar-refractivity contribution is 5.90. The summed E-state index contributed by atoms with van der Waals surface area (Å²) < 4.78 is 4.63. The summed E-state index contributed by atoms with van der Waals surface area (Å²) in [5, 5.41) is 21.3. The number of aliphatic hydroxyl groups is 2. The van der Waals surface area contributed by atoms with Crippen LogP contribution in [0.15, 0.2) is 42.5 Å². The lowest BCUT2D eigenvalue weighted by Gasteiger charge is -2.25. The van der Waals surface area contributed by atoms with Gasteiger partial charge in [-0.2, -0.15) is 0 Å². The summed E-state index contributed by atoms with van der Waals surface area (Å²) in [6, 6.07) is 9.85. The van der Waals surface area contributed by atoms with Gasteiger partial charge in [0.05, 0.1) is 19.3 Å². The summed E-state index contributed by atoms with van der Waals surface area (Å²) in [5.74, 6) is -0.515. The average Bonchev–Trinajstić information content (AvgIpc) is 2.89. The average molecular weight is 417 g/mol. The number of aliphatic hydroxyl groups excluding tert-OH is 2. The van der Waals surface area contributed by atoms with Crippen molar-refractivity contribution in [2.45, 2.75) is 71.0 Å². The third-order valence-electron chi connectivity index (χ3n) is 6.32. The predicted octanol–water partition coefficient (Wildman–Crippen LogP) is 3.86. The Kier molecular flexibility index (Phi) is 9.25. The molecule has 0 radical (unpaired) electrons. The molecular weight excluding hydrogens is 380 g/mol. The minimum atomic E-state index is -0.765. The van der Waals surface area contributed by atoms with E-state index in [0.29, 0.717) is 38.5 Å². The van der Waals surface area contributed by atoms with Gasteiger partial charge in [-0.3, -0.25) is 9.59 Å².